The number of anilines is 1. The molecule has 0 bridgehead atoms. The van der Waals surface area contributed by atoms with Crippen LogP contribution < -0.4 is 9.64 Å². The molecule has 0 unspecified atom stereocenters. The summed E-state index contributed by atoms with van der Waals surface area (Å²) >= 11 is 5.98. The van der Waals surface area contributed by atoms with Crippen LogP contribution in [0.5, 0.6) is 5.75 Å². The summed E-state index contributed by atoms with van der Waals surface area (Å²) in [6.07, 6.45) is 0. The van der Waals surface area contributed by atoms with E-state index in [9.17, 15) is 4.79 Å². The van der Waals surface area contributed by atoms with Crippen molar-refractivity contribution in [3.63, 3.8) is 0 Å². The van der Waals surface area contributed by atoms with E-state index in [1.165, 1.54) is 0 Å². The Bertz CT molecular complexity index is 627. The number of carbonyl (C=O) groups excluding carboxylic acids is 1. The zero-order valence-electron chi connectivity index (χ0n) is 10.2. The van der Waals surface area contributed by atoms with Crippen LogP contribution >= 0.6 is 11.6 Å². The molecule has 0 spiro atoms. The number of para-hydroxylation sites is 1. The van der Waals surface area contributed by atoms with E-state index in [1.807, 2.05) is 36.4 Å². The summed E-state index contributed by atoms with van der Waals surface area (Å²) in [4.78, 5) is 13.8. The second kappa shape index (κ2) is 4.94. The Morgan fingerprint density at radius 3 is 2.79 bits per heavy atom. The minimum absolute atomic E-state index is 0.0452. The molecule has 0 saturated carbocycles. The molecule has 0 N–H and O–H groups in total. The maximum absolute atomic E-state index is 12.2. The van der Waals surface area contributed by atoms with Gasteiger partial charge in [-0.1, -0.05) is 35.9 Å². The van der Waals surface area contributed by atoms with E-state index >= 15 is 0 Å². The topological polar surface area (TPSA) is 29.5 Å². The number of hydrogen-bond acceptors (Lipinski definition) is 2. The van der Waals surface area contributed by atoms with E-state index in [4.69, 9.17) is 16.3 Å². The zero-order valence-corrected chi connectivity index (χ0v) is 10.9. The van der Waals surface area contributed by atoms with Crippen LogP contribution in [0.25, 0.3) is 0 Å². The lowest BCUT2D eigenvalue weighted by Gasteiger charge is -2.20. The second-order valence-corrected chi connectivity index (χ2v) is 4.79. The quantitative estimate of drug-likeness (QED) is 0.798. The van der Waals surface area contributed by atoms with Gasteiger partial charge in [-0.3, -0.25) is 4.79 Å². The summed E-state index contributed by atoms with van der Waals surface area (Å²) in [5.41, 5.74) is 1.78. The van der Waals surface area contributed by atoms with Crippen LogP contribution in [0, 0.1) is 0 Å². The molecule has 3 nitrogen and oxygen atoms in total. The number of halogens is 1. The standard InChI is InChI=1S/C15H12ClNO2/c16-12-5-3-6-13(8-12)17-9-11-4-1-2-7-14(11)19-10-15(17)18/h1-8H,9-10H2. The number of rotatable bonds is 1. The number of fused-ring (bicyclic) bond motifs is 1. The van der Waals surface area contributed by atoms with E-state index in [1.54, 1.807) is 17.0 Å². The van der Waals surface area contributed by atoms with Crippen LogP contribution in [0.2, 0.25) is 5.02 Å². The first-order valence-electron chi connectivity index (χ1n) is 6.01. The molecule has 2 aromatic rings. The average Bonchev–Trinajstić information content (AvgIpc) is 2.59. The molecule has 4 heteroatoms. The summed E-state index contributed by atoms with van der Waals surface area (Å²) < 4.78 is 5.52. The van der Waals surface area contributed by atoms with E-state index in [-0.39, 0.29) is 12.5 Å². The number of carbonyl (C=O) groups is 1. The third-order valence-corrected chi connectivity index (χ3v) is 3.31. The molecular weight excluding hydrogens is 262 g/mol. The van der Waals surface area contributed by atoms with E-state index in [2.05, 4.69) is 0 Å². The Kier molecular flexibility index (Phi) is 3.13. The maximum atomic E-state index is 12.2. The summed E-state index contributed by atoms with van der Waals surface area (Å²) in [6, 6.07) is 15.0. The first-order valence-corrected chi connectivity index (χ1v) is 6.38. The highest BCUT2D eigenvalue weighted by molar-refractivity contribution is 6.30. The fourth-order valence-corrected chi connectivity index (χ4v) is 2.32. The maximum Gasteiger partial charge on any atom is 0.265 e. The molecule has 0 atom stereocenters. The molecule has 1 heterocycles. The average molecular weight is 274 g/mol. The molecule has 1 aliphatic rings. The smallest absolute Gasteiger partial charge is 0.265 e. The van der Waals surface area contributed by atoms with Gasteiger partial charge >= 0.3 is 0 Å². The molecule has 3 rings (SSSR count). The lowest BCUT2D eigenvalue weighted by molar-refractivity contribution is -0.120. The van der Waals surface area contributed by atoms with Gasteiger partial charge in [0.15, 0.2) is 6.61 Å². The summed E-state index contributed by atoms with van der Waals surface area (Å²) in [5, 5.41) is 0.615. The third-order valence-electron chi connectivity index (χ3n) is 3.07. The van der Waals surface area contributed by atoms with Crippen molar-refractivity contribution in [2.75, 3.05) is 11.5 Å². The molecule has 19 heavy (non-hydrogen) atoms. The van der Waals surface area contributed by atoms with Gasteiger partial charge in [0.05, 0.1) is 6.54 Å². The summed E-state index contributed by atoms with van der Waals surface area (Å²) in [6.45, 7) is 0.541. The van der Waals surface area contributed by atoms with Gasteiger partial charge < -0.3 is 9.64 Å². The number of nitrogens with zero attached hydrogens (tertiary/aromatic N) is 1. The van der Waals surface area contributed by atoms with Crippen molar-refractivity contribution in [3.05, 3.63) is 59.1 Å². The van der Waals surface area contributed by atoms with Gasteiger partial charge in [-0.15, -0.1) is 0 Å². The molecule has 2 aromatic carbocycles. The Morgan fingerprint density at radius 1 is 1.11 bits per heavy atom. The summed E-state index contributed by atoms with van der Waals surface area (Å²) in [7, 11) is 0. The molecule has 0 fully saturated rings. The Balaban J connectivity index is 1.99. The van der Waals surface area contributed by atoms with Crippen molar-refractivity contribution in [1.82, 2.24) is 0 Å². The number of benzene rings is 2. The number of hydrogen-bond donors (Lipinski definition) is 0. The van der Waals surface area contributed by atoms with Crippen LogP contribution in [0.1, 0.15) is 5.56 Å². The number of amides is 1. The highest BCUT2D eigenvalue weighted by atomic mass is 35.5. The van der Waals surface area contributed by atoms with Crippen LogP contribution in [0.15, 0.2) is 48.5 Å². The summed E-state index contributed by atoms with van der Waals surface area (Å²) in [5.74, 6) is 0.693. The van der Waals surface area contributed by atoms with Gasteiger partial charge in [-0.25, -0.2) is 0 Å². The molecule has 1 aliphatic heterocycles. The molecule has 0 aromatic heterocycles. The van der Waals surface area contributed by atoms with Gasteiger partial charge in [0.1, 0.15) is 5.75 Å². The predicted octanol–water partition coefficient (Wildman–Crippen LogP) is 3.27. The molecular formula is C15H12ClNO2. The Hall–Kier alpha value is -2.00. The monoisotopic (exact) mass is 273 g/mol. The van der Waals surface area contributed by atoms with Crippen molar-refractivity contribution in [3.8, 4) is 5.75 Å². The van der Waals surface area contributed by atoms with E-state index in [0.29, 0.717) is 11.6 Å². The first kappa shape index (κ1) is 12.1. The second-order valence-electron chi connectivity index (χ2n) is 4.36. The van der Waals surface area contributed by atoms with Gasteiger partial charge in [0.25, 0.3) is 5.91 Å². The largest absolute Gasteiger partial charge is 0.483 e. The van der Waals surface area contributed by atoms with Crippen molar-refractivity contribution < 1.29 is 9.53 Å². The molecule has 0 saturated heterocycles. The Labute approximate surface area is 116 Å². The van der Waals surface area contributed by atoms with Crippen molar-refractivity contribution in [1.29, 1.82) is 0 Å². The van der Waals surface area contributed by atoms with Gasteiger partial charge in [-0.2, -0.15) is 0 Å². The van der Waals surface area contributed by atoms with Gasteiger partial charge in [0.2, 0.25) is 0 Å². The first-order chi connectivity index (χ1) is 9.24. The van der Waals surface area contributed by atoms with E-state index < -0.39 is 0 Å². The van der Waals surface area contributed by atoms with Crippen LogP contribution in [-0.2, 0) is 11.3 Å². The fourth-order valence-electron chi connectivity index (χ4n) is 2.13. The zero-order chi connectivity index (χ0) is 13.2. The van der Waals surface area contributed by atoms with Gasteiger partial charge in [-0.05, 0) is 24.3 Å². The predicted molar refractivity (Wildman–Crippen MR) is 74.6 cm³/mol. The van der Waals surface area contributed by atoms with Crippen LogP contribution in [-0.4, -0.2) is 12.5 Å². The minimum atomic E-state index is -0.0709. The normalized spacial score (nSPS) is 14.6. The van der Waals surface area contributed by atoms with Crippen molar-refractivity contribution in [2.45, 2.75) is 6.54 Å². The van der Waals surface area contributed by atoms with E-state index in [0.717, 1.165) is 17.0 Å². The molecule has 0 aliphatic carbocycles. The Morgan fingerprint density at radius 2 is 1.95 bits per heavy atom. The number of ether oxygens (including phenoxy) is 1. The highest BCUT2D eigenvalue weighted by Gasteiger charge is 2.22. The minimum Gasteiger partial charge on any atom is -0.483 e. The SMILES string of the molecule is O=C1COc2ccccc2CN1c1cccc(Cl)c1. The highest BCUT2D eigenvalue weighted by Crippen LogP contribution is 2.27. The third kappa shape index (κ3) is 2.42. The van der Waals surface area contributed by atoms with Crippen molar-refractivity contribution >= 4 is 23.2 Å². The lowest BCUT2D eigenvalue weighted by atomic mass is 10.2. The molecule has 96 valence electrons. The molecule has 0 radical (unpaired) electrons. The van der Waals surface area contributed by atoms with Gasteiger partial charge in [0, 0.05) is 16.3 Å². The lowest BCUT2D eigenvalue weighted by Crippen LogP contribution is -2.32. The van der Waals surface area contributed by atoms with Crippen LogP contribution in [0.3, 0.4) is 0 Å². The van der Waals surface area contributed by atoms with Crippen LogP contribution in [0.4, 0.5) is 5.69 Å². The van der Waals surface area contributed by atoms with Crippen molar-refractivity contribution in [2.24, 2.45) is 0 Å². The molecule has 1 amide bonds. The fraction of sp³-hybridized carbons (Fsp3) is 0.133.